The van der Waals surface area contributed by atoms with Gasteiger partial charge < -0.3 is 25.2 Å². The van der Waals surface area contributed by atoms with E-state index in [1.807, 2.05) is 0 Å². The summed E-state index contributed by atoms with van der Waals surface area (Å²) in [7, 11) is 0. The van der Waals surface area contributed by atoms with E-state index in [-0.39, 0.29) is 23.4 Å². The van der Waals surface area contributed by atoms with Gasteiger partial charge in [-0.3, -0.25) is 0 Å². The average Bonchev–Trinajstić information content (AvgIpc) is 2.57. The number of anilines is 2. The minimum absolute atomic E-state index is 0.105. The summed E-state index contributed by atoms with van der Waals surface area (Å²) in [5.74, 6) is -3.54. The molecule has 1 aromatic rings. The van der Waals surface area contributed by atoms with Gasteiger partial charge in [0, 0.05) is 26.1 Å². The van der Waals surface area contributed by atoms with Gasteiger partial charge in [0.05, 0.1) is 17.5 Å². The quantitative estimate of drug-likeness (QED) is 0.421. The van der Waals surface area contributed by atoms with Crippen molar-refractivity contribution in [3.63, 3.8) is 0 Å². The Labute approximate surface area is 156 Å². The van der Waals surface area contributed by atoms with Crippen LogP contribution in [-0.4, -0.2) is 35.0 Å². The van der Waals surface area contributed by atoms with Crippen molar-refractivity contribution < 1.29 is 28.6 Å². The smallest absolute Gasteiger partial charge is 0.350 e. The second kappa shape index (κ2) is 7.56. The maximum Gasteiger partial charge on any atom is 0.350 e. The van der Waals surface area contributed by atoms with Gasteiger partial charge >= 0.3 is 11.9 Å². The van der Waals surface area contributed by atoms with Crippen molar-refractivity contribution in [3.05, 3.63) is 35.8 Å². The van der Waals surface area contributed by atoms with E-state index in [0.29, 0.717) is 18.5 Å². The molecule has 0 unspecified atom stereocenters. The Kier molecular flexibility index (Phi) is 5.36. The fourth-order valence-electron chi connectivity index (χ4n) is 3.15. The number of nitrogens with one attached hydrogen (secondary N) is 2. The van der Waals surface area contributed by atoms with Crippen molar-refractivity contribution in [3.8, 4) is 0 Å². The number of para-hydroxylation sites is 1. The molecule has 0 spiro atoms. The number of rotatable bonds is 4. The molecule has 146 valence electrons. The molecular formula is C19H23FN2O5. The van der Waals surface area contributed by atoms with Gasteiger partial charge in [-0.1, -0.05) is 6.07 Å². The van der Waals surface area contributed by atoms with Gasteiger partial charge in [-0.2, -0.15) is 0 Å². The largest absolute Gasteiger partial charge is 0.419 e. The van der Waals surface area contributed by atoms with Gasteiger partial charge in [0.25, 0.3) is 5.79 Å². The van der Waals surface area contributed by atoms with E-state index in [0.717, 1.165) is 19.0 Å². The van der Waals surface area contributed by atoms with E-state index >= 15 is 0 Å². The number of aliphatic hydroxyl groups is 1. The monoisotopic (exact) mass is 378 g/mol. The second-order valence-electron chi connectivity index (χ2n) is 7.19. The molecule has 0 bridgehead atoms. The first-order chi connectivity index (χ1) is 12.7. The second-order valence-corrected chi connectivity index (χ2v) is 7.19. The molecule has 2 aliphatic rings. The van der Waals surface area contributed by atoms with E-state index in [2.05, 4.69) is 10.6 Å². The third-order valence-corrected chi connectivity index (χ3v) is 4.55. The minimum atomic E-state index is -1.33. The van der Waals surface area contributed by atoms with Crippen molar-refractivity contribution in [2.45, 2.75) is 57.5 Å². The van der Waals surface area contributed by atoms with Gasteiger partial charge in [-0.05, 0) is 37.8 Å². The fraction of sp³-hybridized carbons (Fsp3) is 0.474. The van der Waals surface area contributed by atoms with Gasteiger partial charge in [0.2, 0.25) is 0 Å². The number of hydrogen-bond donors (Lipinski definition) is 3. The van der Waals surface area contributed by atoms with Crippen LogP contribution in [0, 0.1) is 5.82 Å². The number of carbonyl (C=O) groups excluding carboxylic acids is 2. The first-order valence-corrected chi connectivity index (χ1v) is 8.91. The van der Waals surface area contributed by atoms with Crippen LogP contribution in [0.5, 0.6) is 0 Å². The zero-order valence-electron chi connectivity index (χ0n) is 15.3. The minimum Gasteiger partial charge on any atom is -0.419 e. The van der Waals surface area contributed by atoms with Crippen LogP contribution in [0.4, 0.5) is 15.8 Å². The molecule has 1 aliphatic carbocycles. The lowest BCUT2D eigenvalue weighted by Gasteiger charge is -2.30. The van der Waals surface area contributed by atoms with Crippen LogP contribution in [0.3, 0.4) is 0 Å². The van der Waals surface area contributed by atoms with E-state index < -0.39 is 23.5 Å². The summed E-state index contributed by atoms with van der Waals surface area (Å²) in [5, 5.41) is 15.6. The molecule has 1 saturated heterocycles. The third kappa shape index (κ3) is 4.57. The van der Waals surface area contributed by atoms with Crippen molar-refractivity contribution in [1.29, 1.82) is 0 Å². The molecule has 1 aromatic carbocycles. The van der Waals surface area contributed by atoms with Gasteiger partial charge in [-0.25, -0.2) is 14.0 Å². The topological polar surface area (TPSA) is 96.9 Å². The maximum absolute atomic E-state index is 14.3. The van der Waals surface area contributed by atoms with E-state index in [4.69, 9.17) is 9.47 Å². The molecule has 1 aliphatic heterocycles. The first kappa shape index (κ1) is 19.2. The number of halogens is 1. The van der Waals surface area contributed by atoms with Crippen LogP contribution in [0.1, 0.15) is 39.5 Å². The lowest BCUT2D eigenvalue weighted by molar-refractivity contribution is -0.222. The molecular weight excluding hydrogens is 355 g/mol. The molecule has 27 heavy (non-hydrogen) atoms. The summed E-state index contributed by atoms with van der Waals surface area (Å²) < 4.78 is 24.4. The number of carbonyl (C=O) groups is 2. The molecule has 3 rings (SSSR count). The summed E-state index contributed by atoms with van der Waals surface area (Å²) in [6.07, 6.45) is 3.72. The summed E-state index contributed by atoms with van der Waals surface area (Å²) in [6, 6.07) is 4.65. The first-order valence-electron chi connectivity index (χ1n) is 8.91. The molecule has 0 atom stereocenters. The third-order valence-electron chi connectivity index (χ3n) is 4.55. The Bertz CT molecular complexity index is 747. The van der Waals surface area contributed by atoms with Crippen molar-refractivity contribution in [2.75, 3.05) is 10.6 Å². The summed E-state index contributed by atoms with van der Waals surface area (Å²) in [6.45, 7) is 2.90. The van der Waals surface area contributed by atoms with Gasteiger partial charge in [-0.15, -0.1) is 0 Å². The number of benzene rings is 1. The predicted octanol–water partition coefficient (Wildman–Crippen LogP) is 2.67. The Morgan fingerprint density at radius 3 is 2.41 bits per heavy atom. The molecule has 2 fully saturated rings. The Hall–Kier alpha value is -2.61. The zero-order valence-corrected chi connectivity index (χ0v) is 15.3. The van der Waals surface area contributed by atoms with Crippen molar-refractivity contribution in [1.82, 2.24) is 0 Å². The van der Waals surface area contributed by atoms with Crippen LogP contribution in [0.15, 0.2) is 30.0 Å². The van der Waals surface area contributed by atoms with Crippen LogP contribution in [0.2, 0.25) is 0 Å². The standard InChI is InChI=1S/C19H23FN2O5/c1-19(2)26-17(24)13(18(25)27-19)10-21-16-14(20)4-3-5-15(16)22-11-6-8-12(23)9-7-11/h3-5,10-12,21-23H,6-9H2,1-2H3. The van der Waals surface area contributed by atoms with E-state index in [1.165, 1.54) is 19.9 Å². The molecule has 7 nitrogen and oxygen atoms in total. The number of aliphatic hydroxyl groups excluding tert-OH is 1. The predicted molar refractivity (Wildman–Crippen MR) is 96.3 cm³/mol. The summed E-state index contributed by atoms with van der Waals surface area (Å²) >= 11 is 0. The highest BCUT2D eigenvalue weighted by molar-refractivity contribution is 6.15. The van der Waals surface area contributed by atoms with Crippen molar-refractivity contribution >= 4 is 23.3 Å². The molecule has 0 amide bonds. The summed E-state index contributed by atoms with van der Waals surface area (Å²) in [4.78, 5) is 24.0. The molecule has 3 N–H and O–H groups in total. The zero-order chi connectivity index (χ0) is 19.6. The SMILES string of the molecule is CC1(C)OC(=O)C(=CNc2c(F)cccc2NC2CCC(O)CC2)C(=O)O1. The highest BCUT2D eigenvalue weighted by Gasteiger charge is 2.39. The van der Waals surface area contributed by atoms with Crippen LogP contribution in [0.25, 0.3) is 0 Å². The number of esters is 2. The summed E-state index contributed by atoms with van der Waals surface area (Å²) in [5.41, 5.74) is 0.275. The van der Waals surface area contributed by atoms with Crippen LogP contribution in [-0.2, 0) is 19.1 Å². The highest BCUT2D eigenvalue weighted by atomic mass is 19.1. The molecule has 0 radical (unpaired) electrons. The van der Waals surface area contributed by atoms with Crippen molar-refractivity contribution in [2.24, 2.45) is 0 Å². The lowest BCUT2D eigenvalue weighted by Crippen LogP contribution is -2.42. The van der Waals surface area contributed by atoms with Gasteiger partial charge in [0.1, 0.15) is 5.82 Å². The van der Waals surface area contributed by atoms with Crippen LogP contribution < -0.4 is 10.6 Å². The Morgan fingerprint density at radius 1 is 1.15 bits per heavy atom. The number of cyclic esters (lactones) is 2. The Balaban J connectivity index is 1.77. The lowest BCUT2D eigenvalue weighted by atomic mass is 9.93. The number of hydrogen-bond acceptors (Lipinski definition) is 7. The maximum atomic E-state index is 14.3. The molecule has 1 saturated carbocycles. The van der Waals surface area contributed by atoms with Crippen LogP contribution >= 0.6 is 0 Å². The normalized spacial score (nSPS) is 24.7. The molecule has 8 heteroatoms. The average molecular weight is 378 g/mol. The van der Waals surface area contributed by atoms with E-state index in [9.17, 15) is 19.1 Å². The molecule has 0 aromatic heterocycles. The Morgan fingerprint density at radius 2 is 1.78 bits per heavy atom. The van der Waals surface area contributed by atoms with E-state index in [1.54, 1.807) is 12.1 Å². The highest BCUT2D eigenvalue weighted by Crippen LogP contribution is 2.30. The molecule has 1 heterocycles. The number of ether oxygens (including phenoxy) is 2. The fourth-order valence-corrected chi connectivity index (χ4v) is 3.15. The van der Waals surface area contributed by atoms with Gasteiger partial charge in [0.15, 0.2) is 5.57 Å².